The Morgan fingerprint density at radius 1 is 1.39 bits per heavy atom. The maximum atomic E-state index is 12.1. The lowest BCUT2D eigenvalue weighted by atomic mass is 9.81. The van der Waals surface area contributed by atoms with Crippen molar-refractivity contribution in [2.24, 2.45) is 5.41 Å². The highest BCUT2D eigenvalue weighted by Crippen LogP contribution is 2.50. The van der Waals surface area contributed by atoms with Crippen LogP contribution in [0.1, 0.15) is 39.5 Å². The molecule has 0 aromatic heterocycles. The Kier molecular flexibility index (Phi) is 3.90. The quantitative estimate of drug-likeness (QED) is 0.712. The van der Waals surface area contributed by atoms with E-state index >= 15 is 0 Å². The fourth-order valence-electron chi connectivity index (χ4n) is 3.06. The minimum atomic E-state index is -0.499. The third-order valence-corrected chi connectivity index (χ3v) is 3.81. The Hall–Kier alpha value is -1.10. The Morgan fingerprint density at radius 3 is 2.83 bits per heavy atom. The van der Waals surface area contributed by atoms with Gasteiger partial charge in [0.05, 0.1) is 24.2 Å². The highest BCUT2D eigenvalue weighted by molar-refractivity contribution is 5.78. The Morgan fingerprint density at radius 2 is 2.17 bits per heavy atom. The van der Waals surface area contributed by atoms with E-state index in [0.717, 1.165) is 19.3 Å². The van der Waals surface area contributed by atoms with Crippen molar-refractivity contribution in [1.82, 2.24) is 0 Å². The molecule has 2 rings (SSSR count). The van der Waals surface area contributed by atoms with Gasteiger partial charge in [0, 0.05) is 6.92 Å². The molecule has 2 aliphatic rings. The van der Waals surface area contributed by atoms with Crippen LogP contribution in [-0.4, -0.2) is 37.4 Å². The van der Waals surface area contributed by atoms with E-state index in [-0.39, 0.29) is 30.8 Å². The maximum absolute atomic E-state index is 12.1. The summed E-state index contributed by atoms with van der Waals surface area (Å²) >= 11 is 0. The maximum Gasteiger partial charge on any atom is 0.314 e. The summed E-state index contributed by atoms with van der Waals surface area (Å²) in [5.41, 5.74) is -0.499. The van der Waals surface area contributed by atoms with Crippen molar-refractivity contribution >= 4 is 11.9 Å². The SMILES string of the molecule is CCOC(=O)[C@@]12CCC[C@@H]1O[C@H](COC(C)=O)C2. The minimum Gasteiger partial charge on any atom is -0.465 e. The molecule has 1 aliphatic carbocycles. The summed E-state index contributed by atoms with van der Waals surface area (Å²) in [4.78, 5) is 22.9. The number of ether oxygens (including phenoxy) is 3. The van der Waals surface area contributed by atoms with Gasteiger partial charge in [0.15, 0.2) is 0 Å². The van der Waals surface area contributed by atoms with Gasteiger partial charge < -0.3 is 14.2 Å². The van der Waals surface area contributed by atoms with Crippen LogP contribution in [0.15, 0.2) is 0 Å². The van der Waals surface area contributed by atoms with Crippen LogP contribution in [0.25, 0.3) is 0 Å². The molecule has 0 aromatic carbocycles. The zero-order valence-electron chi connectivity index (χ0n) is 10.9. The monoisotopic (exact) mass is 256 g/mol. The van der Waals surface area contributed by atoms with Crippen LogP contribution >= 0.6 is 0 Å². The second-order valence-corrected chi connectivity index (χ2v) is 5.02. The fourth-order valence-corrected chi connectivity index (χ4v) is 3.06. The van der Waals surface area contributed by atoms with Crippen LogP contribution in [0, 0.1) is 5.41 Å². The summed E-state index contributed by atoms with van der Waals surface area (Å²) in [6, 6.07) is 0. The molecule has 1 aliphatic heterocycles. The molecule has 3 atom stereocenters. The highest BCUT2D eigenvalue weighted by atomic mass is 16.6. The number of fused-ring (bicyclic) bond motifs is 1. The molecule has 1 heterocycles. The van der Waals surface area contributed by atoms with Gasteiger partial charge in [-0.25, -0.2) is 0 Å². The summed E-state index contributed by atoms with van der Waals surface area (Å²) in [5.74, 6) is -0.473. The van der Waals surface area contributed by atoms with Gasteiger partial charge >= 0.3 is 11.9 Å². The summed E-state index contributed by atoms with van der Waals surface area (Å²) in [7, 11) is 0. The second kappa shape index (κ2) is 5.26. The molecule has 2 fully saturated rings. The normalized spacial score (nSPS) is 34.1. The van der Waals surface area contributed by atoms with Crippen LogP contribution < -0.4 is 0 Å². The predicted molar refractivity (Wildman–Crippen MR) is 62.8 cm³/mol. The van der Waals surface area contributed by atoms with Crippen molar-refractivity contribution in [2.75, 3.05) is 13.2 Å². The van der Waals surface area contributed by atoms with Gasteiger partial charge in [-0.1, -0.05) is 0 Å². The number of esters is 2. The molecule has 0 bridgehead atoms. The minimum absolute atomic E-state index is 0.0721. The van der Waals surface area contributed by atoms with Gasteiger partial charge in [0.25, 0.3) is 0 Å². The van der Waals surface area contributed by atoms with Crippen molar-refractivity contribution in [2.45, 2.75) is 51.7 Å². The molecule has 0 spiro atoms. The lowest BCUT2D eigenvalue weighted by Crippen LogP contribution is -2.36. The number of carbonyl (C=O) groups excluding carboxylic acids is 2. The first-order valence-corrected chi connectivity index (χ1v) is 6.54. The molecule has 1 saturated carbocycles. The first-order valence-electron chi connectivity index (χ1n) is 6.54. The third-order valence-electron chi connectivity index (χ3n) is 3.81. The van der Waals surface area contributed by atoms with Crippen molar-refractivity contribution in [3.63, 3.8) is 0 Å². The van der Waals surface area contributed by atoms with Gasteiger partial charge in [-0.2, -0.15) is 0 Å². The predicted octanol–water partition coefficient (Wildman–Crippen LogP) is 1.44. The number of carbonyl (C=O) groups is 2. The fraction of sp³-hybridized carbons (Fsp3) is 0.846. The van der Waals surface area contributed by atoms with E-state index in [4.69, 9.17) is 14.2 Å². The molecule has 0 amide bonds. The first kappa shape index (κ1) is 13.3. The molecular formula is C13H20O5. The van der Waals surface area contributed by atoms with Crippen molar-refractivity contribution in [3.8, 4) is 0 Å². The van der Waals surface area contributed by atoms with Crippen LogP contribution in [-0.2, 0) is 23.8 Å². The van der Waals surface area contributed by atoms with Crippen molar-refractivity contribution < 1.29 is 23.8 Å². The summed E-state index contributed by atoms with van der Waals surface area (Å²) in [6.07, 6.45) is 3.04. The zero-order valence-corrected chi connectivity index (χ0v) is 10.9. The molecule has 0 unspecified atom stereocenters. The van der Waals surface area contributed by atoms with E-state index in [1.807, 2.05) is 6.92 Å². The number of rotatable bonds is 4. The van der Waals surface area contributed by atoms with Gasteiger partial charge in [-0.15, -0.1) is 0 Å². The average Bonchev–Trinajstić information content (AvgIpc) is 2.83. The molecule has 0 aromatic rings. The zero-order chi connectivity index (χ0) is 13.2. The van der Waals surface area contributed by atoms with Gasteiger partial charge in [-0.05, 0) is 32.6 Å². The van der Waals surface area contributed by atoms with Crippen molar-refractivity contribution in [3.05, 3.63) is 0 Å². The van der Waals surface area contributed by atoms with E-state index in [1.54, 1.807) is 0 Å². The molecular weight excluding hydrogens is 236 g/mol. The summed E-state index contributed by atoms with van der Waals surface area (Å²) < 4.78 is 16.0. The molecule has 18 heavy (non-hydrogen) atoms. The van der Waals surface area contributed by atoms with Crippen molar-refractivity contribution in [1.29, 1.82) is 0 Å². The van der Waals surface area contributed by atoms with Crippen LogP contribution in [0.3, 0.4) is 0 Å². The summed E-state index contributed by atoms with van der Waals surface area (Å²) in [6.45, 7) is 3.80. The van der Waals surface area contributed by atoms with Crippen LogP contribution in [0.2, 0.25) is 0 Å². The average molecular weight is 256 g/mol. The van der Waals surface area contributed by atoms with E-state index < -0.39 is 5.41 Å². The van der Waals surface area contributed by atoms with Gasteiger partial charge in [0.1, 0.15) is 6.61 Å². The van der Waals surface area contributed by atoms with E-state index in [0.29, 0.717) is 13.0 Å². The number of hydrogen-bond donors (Lipinski definition) is 0. The number of hydrogen-bond acceptors (Lipinski definition) is 5. The van der Waals surface area contributed by atoms with Crippen LogP contribution in [0.5, 0.6) is 0 Å². The Balaban J connectivity index is 2.00. The van der Waals surface area contributed by atoms with E-state index in [1.165, 1.54) is 6.92 Å². The molecule has 0 N–H and O–H groups in total. The first-order chi connectivity index (χ1) is 8.58. The molecule has 5 heteroatoms. The molecule has 5 nitrogen and oxygen atoms in total. The molecule has 0 radical (unpaired) electrons. The van der Waals surface area contributed by atoms with E-state index in [2.05, 4.69) is 0 Å². The molecule has 102 valence electrons. The standard InChI is InChI=1S/C13H20O5/c1-3-16-12(15)13-6-4-5-11(13)18-10(7-13)8-17-9(2)14/h10-11H,3-8H2,1-2H3/t10-,11-,13+/m0/s1. The second-order valence-electron chi connectivity index (χ2n) is 5.02. The lowest BCUT2D eigenvalue weighted by molar-refractivity contribution is -0.157. The Labute approximate surface area is 107 Å². The smallest absolute Gasteiger partial charge is 0.314 e. The molecule has 1 saturated heterocycles. The summed E-state index contributed by atoms with van der Waals surface area (Å²) in [5, 5.41) is 0. The third kappa shape index (κ3) is 2.36. The largest absolute Gasteiger partial charge is 0.465 e. The Bertz CT molecular complexity index is 340. The van der Waals surface area contributed by atoms with E-state index in [9.17, 15) is 9.59 Å². The highest BCUT2D eigenvalue weighted by Gasteiger charge is 2.57. The van der Waals surface area contributed by atoms with Crippen LogP contribution in [0.4, 0.5) is 0 Å². The lowest BCUT2D eigenvalue weighted by Gasteiger charge is -2.24. The van der Waals surface area contributed by atoms with Gasteiger partial charge in [0.2, 0.25) is 0 Å². The topological polar surface area (TPSA) is 61.8 Å². The van der Waals surface area contributed by atoms with Gasteiger partial charge in [-0.3, -0.25) is 9.59 Å².